The first-order chi connectivity index (χ1) is 12.0. The summed E-state index contributed by atoms with van der Waals surface area (Å²) in [6.07, 6.45) is 5.58. The van der Waals surface area contributed by atoms with E-state index in [1.54, 1.807) is 11.8 Å². The Kier molecular flexibility index (Phi) is 5.72. The molecule has 1 atom stereocenters. The van der Waals surface area contributed by atoms with Crippen molar-refractivity contribution in [3.63, 3.8) is 0 Å². The van der Waals surface area contributed by atoms with Crippen molar-refractivity contribution in [1.82, 2.24) is 9.80 Å². The van der Waals surface area contributed by atoms with Crippen LogP contribution in [0.2, 0.25) is 0 Å². The van der Waals surface area contributed by atoms with E-state index in [0.717, 1.165) is 50.2 Å². The number of thioether (sulfide) groups is 1. The predicted octanol–water partition coefficient (Wildman–Crippen LogP) is 2.99. The van der Waals surface area contributed by atoms with Gasteiger partial charge in [-0.2, -0.15) is 11.8 Å². The molecule has 1 spiro atoms. The van der Waals surface area contributed by atoms with Crippen molar-refractivity contribution in [3.05, 3.63) is 35.9 Å². The summed E-state index contributed by atoms with van der Waals surface area (Å²) in [5, 5.41) is 0. The van der Waals surface area contributed by atoms with Crippen LogP contribution < -0.4 is 0 Å². The number of carbonyl (C=O) groups excluding carboxylic acids is 2. The minimum Gasteiger partial charge on any atom is -0.345 e. The summed E-state index contributed by atoms with van der Waals surface area (Å²) in [6.45, 7) is 2.48. The van der Waals surface area contributed by atoms with E-state index in [-0.39, 0.29) is 23.1 Å². The number of benzene rings is 1. The first kappa shape index (κ1) is 18.3. The summed E-state index contributed by atoms with van der Waals surface area (Å²) >= 11 is 1.72. The van der Waals surface area contributed by atoms with Crippen molar-refractivity contribution in [2.45, 2.75) is 31.6 Å². The molecule has 2 fully saturated rings. The van der Waals surface area contributed by atoms with Crippen LogP contribution in [0.4, 0.5) is 0 Å². The number of piperidine rings is 2. The molecule has 1 unspecified atom stereocenters. The number of hydrogen-bond acceptors (Lipinski definition) is 3. The minimum absolute atomic E-state index is 0.0429. The molecule has 1 aromatic rings. The molecule has 0 radical (unpaired) electrons. The molecule has 2 amide bonds. The molecule has 2 aliphatic rings. The van der Waals surface area contributed by atoms with Crippen molar-refractivity contribution < 1.29 is 9.59 Å². The Hall–Kier alpha value is -1.49. The average Bonchev–Trinajstić information content (AvgIpc) is 2.64. The number of carbonyl (C=O) groups is 2. The van der Waals surface area contributed by atoms with E-state index in [9.17, 15) is 9.59 Å². The molecule has 2 heterocycles. The van der Waals surface area contributed by atoms with Crippen LogP contribution in [0, 0.1) is 5.41 Å². The molecule has 2 saturated heterocycles. The molecule has 0 aliphatic carbocycles. The molecule has 0 N–H and O–H groups in total. The van der Waals surface area contributed by atoms with Crippen molar-refractivity contribution in [2.24, 2.45) is 5.41 Å². The molecular weight excluding hydrogens is 332 g/mol. The maximum Gasteiger partial charge on any atom is 0.229 e. The maximum absolute atomic E-state index is 12.7. The highest BCUT2D eigenvalue weighted by atomic mass is 32.2. The van der Waals surface area contributed by atoms with Gasteiger partial charge in [-0.3, -0.25) is 9.59 Å². The third kappa shape index (κ3) is 4.02. The van der Waals surface area contributed by atoms with Gasteiger partial charge in [-0.25, -0.2) is 0 Å². The molecular formula is C20H28N2O2S. The van der Waals surface area contributed by atoms with Crippen molar-refractivity contribution >= 4 is 23.6 Å². The van der Waals surface area contributed by atoms with Crippen LogP contribution >= 0.6 is 11.8 Å². The van der Waals surface area contributed by atoms with Gasteiger partial charge in [-0.15, -0.1) is 0 Å². The van der Waals surface area contributed by atoms with Gasteiger partial charge in [0, 0.05) is 38.9 Å². The largest absolute Gasteiger partial charge is 0.345 e. The van der Waals surface area contributed by atoms with E-state index in [0.29, 0.717) is 6.42 Å². The van der Waals surface area contributed by atoms with Crippen LogP contribution in [0.1, 0.15) is 37.2 Å². The molecule has 4 nitrogen and oxygen atoms in total. The highest BCUT2D eigenvalue weighted by Crippen LogP contribution is 2.45. The second kappa shape index (κ2) is 7.81. The first-order valence-electron chi connectivity index (χ1n) is 9.11. The third-order valence-corrected chi connectivity index (χ3v) is 6.40. The molecule has 3 rings (SSSR count). The summed E-state index contributed by atoms with van der Waals surface area (Å²) in [5.74, 6) is 1.37. The second-order valence-electron chi connectivity index (χ2n) is 7.49. The summed E-state index contributed by atoms with van der Waals surface area (Å²) in [4.78, 5) is 28.9. The lowest BCUT2D eigenvalue weighted by Gasteiger charge is -2.49. The molecule has 0 saturated carbocycles. The average molecular weight is 361 g/mol. The molecule has 136 valence electrons. The van der Waals surface area contributed by atoms with Gasteiger partial charge in [-0.05, 0) is 36.5 Å². The Morgan fingerprint density at radius 2 is 1.92 bits per heavy atom. The van der Waals surface area contributed by atoms with E-state index >= 15 is 0 Å². The smallest absolute Gasteiger partial charge is 0.229 e. The summed E-state index contributed by atoms with van der Waals surface area (Å²) < 4.78 is 0. The van der Waals surface area contributed by atoms with Crippen LogP contribution in [0.5, 0.6) is 0 Å². The number of nitrogens with zero attached hydrogens (tertiary/aromatic N) is 2. The molecule has 5 heteroatoms. The molecule has 2 aliphatic heterocycles. The zero-order valence-electron chi connectivity index (χ0n) is 15.2. The lowest BCUT2D eigenvalue weighted by atomic mass is 9.67. The molecule has 25 heavy (non-hydrogen) atoms. The number of hydrogen-bond donors (Lipinski definition) is 0. The Labute approximate surface area is 154 Å². The number of amides is 2. The lowest BCUT2D eigenvalue weighted by Crippen LogP contribution is -2.53. The maximum atomic E-state index is 12.7. The summed E-state index contributed by atoms with van der Waals surface area (Å²) in [5.41, 5.74) is 1.27. The molecule has 0 aromatic heterocycles. The van der Waals surface area contributed by atoms with Gasteiger partial charge in [0.25, 0.3) is 0 Å². The highest BCUT2D eigenvalue weighted by Gasteiger charge is 2.45. The number of rotatable bonds is 4. The van der Waals surface area contributed by atoms with Gasteiger partial charge in [0.1, 0.15) is 0 Å². The van der Waals surface area contributed by atoms with Gasteiger partial charge in [0.15, 0.2) is 0 Å². The number of likely N-dealkylation sites (N-methyl/N-ethyl adjacent to an activating group) is 1. The predicted molar refractivity (Wildman–Crippen MR) is 103 cm³/mol. The quantitative estimate of drug-likeness (QED) is 0.829. The molecule has 0 bridgehead atoms. The Bertz CT molecular complexity index is 611. The highest BCUT2D eigenvalue weighted by molar-refractivity contribution is 7.98. The van der Waals surface area contributed by atoms with E-state index in [1.807, 2.05) is 41.3 Å². The van der Waals surface area contributed by atoms with Crippen LogP contribution in [0.25, 0.3) is 0 Å². The topological polar surface area (TPSA) is 40.6 Å². The van der Waals surface area contributed by atoms with Gasteiger partial charge < -0.3 is 9.80 Å². The number of likely N-dealkylation sites (tertiary alicyclic amines) is 2. The molecule has 1 aromatic carbocycles. The van der Waals surface area contributed by atoms with E-state index in [1.165, 1.54) is 0 Å². The van der Waals surface area contributed by atoms with Gasteiger partial charge in [0.05, 0.1) is 5.92 Å². The lowest BCUT2D eigenvalue weighted by molar-refractivity contribution is -0.142. The van der Waals surface area contributed by atoms with E-state index in [4.69, 9.17) is 0 Å². The van der Waals surface area contributed by atoms with Crippen molar-refractivity contribution in [1.29, 1.82) is 0 Å². The standard InChI is InChI=1S/C20H28N2O2S/c1-21-15-20(9-11-22(12-10-20)18(23)8-13-25-2)14-17(19(21)24)16-6-4-3-5-7-16/h3-7,17H,8-15H2,1-2H3. The fourth-order valence-electron chi connectivity index (χ4n) is 4.32. The fourth-order valence-corrected chi connectivity index (χ4v) is 4.70. The summed E-state index contributed by atoms with van der Waals surface area (Å²) in [6, 6.07) is 10.1. The van der Waals surface area contributed by atoms with Crippen LogP contribution in [-0.4, -0.2) is 60.3 Å². The van der Waals surface area contributed by atoms with Gasteiger partial charge in [-0.1, -0.05) is 30.3 Å². The first-order valence-corrected chi connectivity index (χ1v) is 10.5. The van der Waals surface area contributed by atoms with Crippen LogP contribution in [-0.2, 0) is 9.59 Å². The Morgan fingerprint density at radius 3 is 2.56 bits per heavy atom. The van der Waals surface area contributed by atoms with Gasteiger partial charge in [0.2, 0.25) is 11.8 Å². The monoisotopic (exact) mass is 360 g/mol. The van der Waals surface area contributed by atoms with Crippen LogP contribution in [0.15, 0.2) is 30.3 Å². The normalized spacial score (nSPS) is 23.1. The SMILES string of the molecule is CSCCC(=O)N1CCC2(CC1)CC(c1ccccc1)C(=O)N(C)C2. The zero-order valence-corrected chi connectivity index (χ0v) is 16.1. The zero-order chi connectivity index (χ0) is 17.9. The Balaban J connectivity index is 1.68. The third-order valence-electron chi connectivity index (χ3n) is 5.78. The minimum atomic E-state index is -0.0429. The van der Waals surface area contributed by atoms with Crippen molar-refractivity contribution in [3.8, 4) is 0 Å². The van der Waals surface area contributed by atoms with Crippen molar-refractivity contribution in [2.75, 3.05) is 38.7 Å². The van der Waals surface area contributed by atoms with E-state index < -0.39 is 0 Å². The van der Waals surface area contributed by atoms with E-state index in [2.05, 4.69) is 12.1 Å². The fraction of sp³-hybridized carbons (Fsp3) is 0.600. The van der Waals surface area contributed by atoms with Gasteiger partial charge >= 0.3 is 0 Å². The summed E-state index contributed by atoms with van der Waals surface area (Å²) in [7, 11) is 1.93. The Morgan fingerprint density at radius 1 is 1.24 bits per heavy atom. The second-order valence-corrected chi connectivity index (χ2v) is 8.47. The van der Waals surface area contributed by atoms with Crippen LogP contribution in [0.3, 0.4) is 0 Å².